The Bertz CT molecular complexity index is 302. The average molecular weight is 256 g/mol. The Morgan fingerprint density at radius 1 is 1.28 bits per heavy atom. The minimum Gasteiger partial charge on any atom is -0.393 e. The number of likely N-dealkylation sites (tertiary alicyclic amines) is 1. The van der Waals surface area contributed by atoms with Gasteiger partial charge in [0.2, 0.25) is 11.8 Å². The highest BCUT2D eigenvalue weighted by molar-refractivity contribution is 5.82. The van der Waals surface area contributed by atoms with Crippen molar-refractivity contribution in [3.63, 3.8) is 0 Å². The van der Waals surface area contributed by atoms with E-state index in [0.29, 0.717) is 38.9 Å². The van der Waals surface area contributed by atoms with Crippen molar-refractivity contribution in [2.45, 2.75) is 46.1 Å². The Hall–Kier alpha value is -1.10. The summed E-state index contributed by atoms with van der Waals surface area (Å²) >= 11 is 0. The zero-order valence-electron chi connectivity index (χ0n) is 11.5. The van der Waals surface area contributed by atoms with Gasteiger partial charge in [0.1, 0.15) is 0 Å². The van der Waals surface area contributed by atoms with E-state index in [1.165, 1.54) is 0 Å². The molecule has 0 saturated carbocycles. The third-order valence-corrected chi connectivity index (χ3v) is 3.12. The molecule has 104 valence electrons. The predicted octanol–water partition coefficient (Wildman–Crippen LogP) is 0.522. The molecule has 0 atom stereocenters. The van der Waals surface area contributed by atoms with E-state index in [1.54, 1.807) is 4.90 Å². The number of hydrogen-bond donors (Lipinski definition) is 2. The molecule has 1 rings (SSSR count). The van der Waals surface area contributed by atoms with Gasteiger partial charge in [-0.2, -0.15) is 0 Å². The first-order chi connectivity index (χ1) is 8.30. The van der Waals surface area contributed by atoms with E-state index in [1.807, 2.05) is 20.8 Å². The first-order valence-corrected chi connectivity index (χ1v) is 6.55. The summed E-state index contributed by atoms with van der Waals surface area (Å²) in [5.41, 5.74) is -0.418. The molecule has 0 aromatic heterocycles. The molecule has 0 spiro atoms. The van der Waals surface area contributed by atoms with E-state index < -0.39 is 5.41 Å². The van der Waals surface area contributed by atoms with Crippen LogP contribution in [0.25, 0.3) is 0 Å². The summed E-state index contributed by atoms with van der Waals surface area (Å²) in [7, 11) is 0. The molecule has 0 radical (unpaired) electrons. The van der Waals surface area contributed by atoms with Crippen LogP contribution in [0.3, 0.4) is 0 Å². The topological polar surface area (TPSA) is 69.6 Å². The fraction of sp³-hybridized carbons (Fsp3) is 0.846. The summed E-state index contributed by atoms with van der Waals surface area (Å²) in [6.07, 6.45) is 1.37. The maximum atomic E-state index is 11.8. The van der Waals surface area contributed by atoms with Crippen molar-refractivity contribution in [3.8, 4) is 0 Å². The number of nitrogens with zero attached hydrogens (tertiary/aromatic N) is 1. The molecule has 0 aromatic rings. The SMILES string of the molecule is CC(C)(C)C(=O)NCCC(=O)N1CCC(O)CC1. The molecule has 18 heavy (non-hydrogen) atoms. The molecule has 1 heterocycles. The van der Waals surface area contributed by atoms with Crippen molar-refractivity contribution >= 4 is 11.8 Å². The second-order valence-corrected chi connectivity index (χ2v) is 5.87. The van der Waals surface area contributed by atoms with Crippen molar-refractivity contribution in [1.82, 2.24) is 10.2 Å². The van der Waals surface area contributed by atoms with Crippen molar-refractivity contribution in [1.29, 1.82) is 0 Å². The van der Waals surface area contributed by atoms with E-state index >= 15 is 0 Å². The molecular formula is C13H24N2O3. The van der Waals surface area contributed by atoms with Crippen LogP contribution >= 0.6 is 0 Å². The molecule has 0 aliphatic carbocycles. The first-order valence-electron chi connectivity index (χ1n) is 6.55. The standard InChI is InChI=1S/C13H24N2O3/c1-13(2,3)12(18)14-7-4-11(17)15-8-5-10(16)6-9-15/h10,16H,4-9H2,1-3H3,(H,14,18). The molecule has 5 heteroatoms. The molecule has 1 aliphatic heterocycles. The molecule has 1 aliphatic rings. The van der Waals surface area contributed by atoms with Crippen LogP contribution in [-0.4, -0.2) is 47.6 Å². The number of hydrogen-bond acceptors (Lipinski definition) is 3. The highest BCUT2D eigenvalue weighted by Crippen LogP contribution is 2.13. The Kier molecular flexibility index (Phi) is 5.14. The molecular weight excluding hydrogens is 232 g/mol. The van der Waals surface area contributed by atoms with Gasteiger partial charge in [-0.25, -0.2) is 0 Å². The molecule has 0 bridgehead atoms. The van der Waals surface area contributed by atoms with Gasteiger partial charge in [0.15, 0.2) is 0 Å². The lowest BCUT2D eigenvalue weighted by Gasteiger charge is -2.29. The summed E-state index contributed by atoms with van der Waals surface area (Å²) in [5, 5.41) is 12.1. The number of carbonyl (C=O) groups excluding carboxylic acids is 2. The number of aliphatic hydroxyl groups is 1. The Balaban J connectivity index is 2.23. The van der Waals surface area contributed by atoms with E-state index in [9.17, 15) is 14.7 Å². The van der Waals surface area contributed by atoms with Gasteiger partial charge < -0.3 is 15.3 Å². The lowest BCUT2D eigenvalue weighted by Crippen LogP contribution is -2.42. The van der Waals surface area contributed by atoms with Crippen molar-refractivity contribution in [2.24, 2.45) is 5.41 Å². The number of amides is 2. The van der Waals surface area contributed by atoms with E-state index in [2.05, 4.69) is 5.32 Å². The minimum atomic E-state index is -0.418. The van der Waals surface area contributed by atoms with Crippen LogP contribution in [0.2, 0.25) is 0 Å². The van der Waals surface area contributed by atoms with Gasteiger partial charge in [-0.3, -0.25) is 9.59 Å². The van der Waals surface area contributed by atoms with E-state index in [-0.39, 0.29) is 17.9 Å². The Labute approximate surface area is 109 Å². The second kappa shape index (κ2) is 6.18. The van der Waals surface area contributed by atoms with Crippen LogP contribution in [0.4, 0.5) is 0 Å². The first kappa shape index (κ1) is 15.0. The fourth-order valence-corrected chi connectivity index (χ4v) is 1.82. The van der Waals surface area contributed by atoms with Crippen LogP contribution in [0, 0.1) is 5.41 Å². The molecule has 2 N–H and O–H groups in total. The Morgan fingerprint density at radius 3 is 2.33 bits per heavy atom. The molecule has 0 aromatic carbocycles. The third-order valence-electron chi connectivity index (χ3n) is 3.12. The molecule has 5 nitrogen and oxygen atoms in total. The smallest absolute Gasteiger partial charge is 0.225 e. The van der Waals surface area contributed by atoms with Crippen LogP contribution in [0.5, 0.6) is 0 Å². The number of piperidine rings is 1. The number of rotatable bonds is 3. The minimum absolute atomic E-state index is 0.0376. The van der Waals surface area contributed by atoms with Crippen molar-refractivity contribution < 1.29 is 14.7 Å². The van der Waals surface area contributed by atoms with Gasteiger partial charge in [-0.15, -0.1) is 0 Å². The van der Waals surface area contributed by atoms with Crippen LogP contribution in [0.15, 0.2) is 0 Å². The Morgan fingerprint density at radius 2 is 1.83 bits per heavy atom. The normalized spacial score (nSPS) is 17.7. The molecule has 2 amide bonds. The van der Waals surface area contributed by atoms with E-state index in [4.69, 9.17) is 0 Å². The van der Waals surface area contributed by atoms with E-state index in [0.717, 1.165) is 0 Å². The average Bonchev–Trinajstić information content (AvgIpc) is 2.28. The van der Waals surface area contributed by atoms with Crippen molar-refractivity contribution in [3.05, 3.63) is 0 Å². The molecule has 1 fully saturated rings. The maximum absolute atomic E-state index is 11.8. The molecule has 0 unspecified atom stereocenters. The van der Waals surface area contributed by atoms with Crippen LogP contribution in [0.1, 0.15) is 40.0 Å². The summed E-state index contributed by atoms with van der Waals surface area (Å²) in [4.78, 5) is 25.2. The van der Waals surface area contributed by atoms with Gasteiger partial charge in [-0.1, -0.05) is 20.8 Å². The maximum Gasteiger partial charge on any atom is 0.225 e. The van der Waals surface area contributed by atoms with Crippen LogP contribution < -0.4 is 5.32 Å². The lowest BCUT2D eigenvalue weighted by atomic mass is 9.96. The largest absolute Gasteiger partial charge is 0.393 e. The zero-order chi connectivity index (χ0) is 13.8. The monoisotopic (exact) mass is 256 g/mol. The third kappa shape index (κ3) is 4.64. The quantitative estimate of drug-likeness (QED) is 0.773. The summed E-state index contributed by atoms with van der Waals surface area (Å²) in [6.45, 7) is 7.15. The van der Waals surface area contributed by atoms with Gasteiger partial charge in [0.05, 0.1) is 6.10 Å². The van der Waals surface area contributed by atoms with Gasteiger partial charge >= 0.3 is 0 Å². The lowest BCUT2D eigenvalue weighted by molar-refractivity contribution is -0.133. The number of aliphatic hydroxyl groups excluding tert-OH is 1. The van der Waals surface area contributed by atoms with Gasteiger partial charge in [-0.05, 0) is 12.8 Å². The highest BCUT2D eigenvalue weighted by atomic mass is 16.3. The number of nitrogens with one attached hydrogen (secondary N) is 1. The molecule has 1 saturated heterocycles. The zero-order valence-corrected chi connectivity index (χ0v) is 11.5. The highest BCUT2D eigenvalue weighted by Gasteiger charge is 2.23. The fourth-order valence-electron chi connectivity index (χ4n) is 1.82. The number of carbonyl (C=O) groups is 2. The summed E-state index contributed by atoms with van der Waals surface area (Å²) in [6, 6.07) is 0. The van der Waals surface area contributed by atoms with Gasteiger partial charge in [0, 0.05) is 31.5 Å². The summed E-state index contributed by atoms with van der Waals surface area (Å²) < 4.78 is 0. The summed E-state index contributed by atoms with van der Waals surface area (Å²) in [5.74, 6) is 0.0143. The van der Waals surface area contributed by atoms with Crippen LogP contribution in [-0.2, 0) is 9.59 Å². The van der Waals surface area contributed by atoms with Gasteiger partial charge in [0.25, 0.3) is 0 Å². The second-order valence-electron chi connectivity index (χ2n) is 5.87. The predicted molar refractivity (Wildman–Crippen MR) is 68.9 cm³/mol. The van der Waals surface area contributed by atoms with Crippen molar-refractivity contribution in [2.75, 3.05) is 19.6 Å².